The van der Waals surface area contributed by atoms with E-state index in [4.69, 9.17) is 22.9 Å². The molecule has 2 rings (SSSR count). The molecule has 2 heterocycles. The summed E-state index contributed by atoms with van der Waals surface area (Å²) < 4.78 is 0. The summed E-state index contributed by atoms with van der Waals surface area (Å²) in [6, 6.07) is 3.32. The fraction of sp³-hybridized carbons (Fsp3) is 0. The van der Waals surface area contributed by atoms with Crippen LogP contribution in [0.3, 0.4) is 0 Å². The number of hydrogen-bond acceptors (Lipinski definition) is 6. The minimum Gasteiger partial charge on any atom is -0.397 e. The molecule has 2 aromatic rings. The van der Waals surface area contributed by atoms with Crippen molar-refractivity contribution in [3.63, 3.8) is 0 Å². The first kappa shape index (κ1) is 11.6. The molecule has 0 aliphatic carbocycles. The van der Waals surface area contributed by atoms with E-state index in [0.29, 0.717) is 22.7 Å². The molecule has 0 radical (unpaired) electrons. The quantitative estimate of drug-likeness (QED) is 0.509. The van der Waals surface area contributed by atoms with E-state index in [0.717, 1.165) is 0 Å². The molecule has 0 aromatic carbocycles. The summed E-state index contributed by atoms with van der Waals surface area (Å²) in [6.45, 7) is 0. The van der Waals surface area contributed by atoms with Crippen LogP contribution in [0.5, 0.6) is 0 Å². The van der Waals surface area contributed by atoms with Crippen molar-refractivity contribution >= 4 is 22.7 Å². The van der Waals surface area contributed by atoms with Gasteiger partial charge in [-0.05, 0) is 12.1 Å². The Bertz CT molecular complexity index is 371. The first-order valence-corrected chi connectivity index (χ1v) is 4.51. The zero-order chi connectivity index (χ0) is 12.0. The Hall–Kier alpha value is -2.50. The highest BCUT2D eigenvalue weighted by Crippen LogP contribution is 2.08. The summed E-state index contributed by atoms with van der Waals surface area (Å²) in [7, 11) is 0. The van der Waals surface area contributed by atoms with Crippen molar-refractivity contribution in [2.75, 3.05) is 22.9 Å². The summed E-state index contributed by atoms with van der Waals surface area (Å²) in [5.41, 5.74) is 23.6. The van der Waals surface area contributed by atoms with Gasteiger partial charge in [-0.3, -0.25) is 9.97 Å². The number of aromatic nitrogens is 2. The van der Waals surface area contributed by atoms with Crippen LogP contribution in [0, 0.1) is 0 Å². The van der Waals surface area contributed by atoms with E-state index in [-0.39, 0.29) is 0 Å². The number of hydrogen-bond donors (Lipinski definition) is 4. The van der Waals surface area contributed by atoms with Crippen LogP contribution in [0.15, 0.2) is 36.9 Å². The molecule has 8 N–H and O–H groups in total. The fourth-order valence-electron chi connectivity index (χ4n) is 0.835. The van der Waals surface area contributed by atoms with Gasteiger partial charge in [-0.15, -0.1) is 0 Å². The SMILES string of the molecule is Nc1ccncc1N.Nc1ccncc1N. The largest absolute Gasteiger partial charge is 0.397 e. The van der Waals surface area contributed by atoms with Gasteiger partial charge >= 0.3 is 0 Å². The van der Waals surface area contributed by atoms with Gasteiger partial charge in [0.05, 0.1) is 35.1 Å². The Morgan fingerprint density at radius 2 is 1.00 bits per heavy atom. The van der Waals surface area contributed by atoms with Crippen LogP contribution in [0.4, 0.5) is 22.7 Å². The molecule has 0 atom stereocenters. The van der Waals surface area contributed by atoms with Crippen molar-refractivity contribution in [2.24, 2.45) is 0 Å². The Morgan fingerprint density at radius 1 is 0.625 bits per heavy atom. The third-order valence-electron chi connectivity index (χ3n) is 1.77. The molecular weight excluding hydrogens is 204 g/mol. The molecule has 0 unspecified atom stereocenters. The highest BCUT2D eigenvalue weighted by Gasteiger charge is 1.87. The molecule has 16 heavy (non-hydrogen) atoms. The summed E-state index contributed by atoms with van der Waals surface area (Å²) >= 11 is 0. The lowest BCUT2D eigenvalue weighted by Gasteiger charge is -1.93. The zero-order valence-corrected chi connectivity index (χ0v) is 8.67. The molecule has 2 aromatic heterocycles. The third-order valence-corrected chi connectivity index (χ3v) is 1.77. The predicted octanol–water partition coefficient (Wildman–Crippen LogP) is 0.492. The molecule has 0 amide bonds. The van der Waals surface area contributed by atoms with Crippen LogP contribution in [-0.2, 0) is 0 Å². The van der Waals surface area contributed by atoms with Gasteiger partial charge in [0, 0.05) is 12.4 Å². The first-order valence-electron chi connectivity index (χ1n) is 4.51. The molecule has 0 saturated heterocycles. The number of pyridine rings is 2. The van der Waals surface area contributed by atoms with Crippen molar-refractivity contribution in [3.05, 3.63) is 36.9 Å². The summed E-state index contributed by atoms with van der Waals surface area (Å²) in [4.78, 5) is 7.48. The Labute approximate surface area is 93.3 Å². The number of nitrogen functional groups attached to an aromatic ring is 4. The lowest BCUT2D eigenvalue weighted by atomic mass is 10.4. The van der Waals surface area contributed by atoms with Crippen LogP contribution >= 0.6 is 0 Å². The van der Waals surface area contributed by atoms with Crippen molar-refractivity contribution in [3.8, 4) is 0 Å². The molecule has 84 valence electrons. The van der Waals surface area contributed by atoms with Crippen LogP contribution in [0.2, 0.25) is 0 Å². The van der Waals surface area contributed by atoms with E-state index < -0.39 is 0 Å². The first-order chi connectivity index (χ1) is 7.61. The lowest BCUT2D eigenvalue weighted by molar-refractivity contribution is 1.34. The van der Waals surface area contributed by atoms with E-state index >= 15 is 0 Å². The van der Waals surface area contributed by atoms with Gasteiger partial charge in [0.1, 0.15) is 0 Å². The standard InChI is InChI=1S/2C5H7N3/c2*6-4-1-2-8-3-5(4)7/h2*1-3H,7H2,(H2,6,8). The van der Waals surface area contributed by atoms with E-state index in [9.17, 15) is 0 Å². The second-order valence-electron chi connectivity index (χ2n) is 3.01. The van der Waals surface area contributed by atoms with Crippen LogP contribution in [0.1, 0.15) is 0 Å². The zero-order valence-electron chi connectivity index (χ0n) is 8.67. The molecule has 0 aliphatic heterocycles. The van der Waals surface area contributed by atoms with Crippen molar-refractivity contribution in [1.29, 1.82) is 0 Å². The Balaban J connectivity index is 0.000000160. The van der Waals surface area contributed by atoms with E-state index in [2.05, 4.69) is 9.97 Å². The molecule has 6 nitrogen and oxygen atoms in total. The molecule has 0 fully saturated rings. The van der Waals surface area contributed by atoms with Crippen molar-refractivity contribution < 1.29 is 0 Å². The second kappa shape index (κ2) is 5.40. The van der Waals surface area contributed by atoms with Gasteiger partial charge in [-0.25, -0.2) is 0 Å². The second-order valence-corrected chi connectivity index (χ2v) is 3.01. The van der Waals surface area contributed by atoms with Crippen molar-refractivity contribution in [2.45, 2.75) is 0 Å². The maximum absolute atomic E-state index is 5.35. The topological polar surface area (TPSA) is 130 Å². The van der Waals surface area contributed by atoms with Crippen LogP contribution in [-0.4, -0.2) is 9.97 Å². The molecule has 0 bridgehead atoms. The van der Waals surface area contributed by atoms with Gasteiger partial charge in [0.2, 0.25) is 0 Å². The smallest absolute Gasteiger partial charge is 0.0734 e. The highest BCUT2D eigenvalue weighted by molar-refractivity contribution is 5.60. The van der Waals surface area contributed by atoms with E-state index in [1.165, 1.54) is 12.4 Å². The Kier molecular flexibility index (Phi) is 3.90. The molecule has 0 saturated carbocycles. The minimum absolute atomic E-state index is 0.535. The maximum atomic E-state index is 5.35. The average Bonchev–Trinajstić information content (AvgIpc) is 2.28. The molecule has 0 aliphatic rings. The highest BCUT2D eigenvalue weighted by atomic mass is 14.7. The monoisotopic (exact) mass is 218 g/mol. The lowest BCUT2D eigenvalue weighted by Crippen LogP contribution is -1.93. The van der Waals surface area contributed by atoms with Gasteiger partial charge in [-0.1, -0.05) is 0 Å². The van der Waals surface area contributed by atoms with Gasteiger partial charge in [-0.2, -0.15) is 0 Å². The van der Waals surface area contributed by atoms with Gasteiger partial charge < -0.3 is 22.9 Å². The summed E-state index contributed by atoms with van der Waals surface area (Å²) in [5.74, 6) is 0. The summed E-state index contributed by atoms with van der Waals surface area (Å²) in [5, 5.41) is 0. The molecule has 0 spiro atoms. The minimum atomic E-state index is 0.535. The maximum Gasteiger partial charge on any atom is 0.0734 e. The molecule has 6 heteroatoms. The number of nitrogens with zero attached hydrogens (tertiary/aromatic N) is 2. The predicted molar refractivity (Wildman–Crippen MR) is 66.1 cm³/mol. The number of nitrogens with two attached hydrogens (primary N) is 4. The van der Waals surface area contributed by atoms with E-state index in [1.807, 2.05) is 0 Å². The van der Waals surface area contributed by atoms with Crippen molar-refractivity contribution in [1.82, 2.24) is 9.97 Å². The number of anilines is 4. The van der Waals surface area contributed by atoms with E-state index in [1.54, 1.807) is 24.5 Å². The van der Waals surface area contributed by atoms with Crippen LogP contribution in [0.25, 0.3) is 0 Å². The van der Waals surface area contributed by atoms with Gasteiger partial charge in [0.15, 0.2) is 0 Å². The Morgan fingerprint density at radius 3 is 1.19 bits per heavy atom. The number of rotatable bonds is 0. The molecular formula is C10H14N6. The van der Waals surface area contributed by atoms with Crippen LogP contribution < -0.4 is 22.9 Å². The summed E-state index contributed by atoms with van der Waals surface area (Å²) in [6.07, 6.45) is 6.25. The fourth-order valence-corrected chi connectivity index (χ4v) is 0.835. The average molecular weight is 218 g/mol. The third kappa shape index (κ3) is 3.33. The normalized spacial score (nSPS) is 9.00. The van der Waals surface area contributed by atoms with Gasteiger partial charge in [0.25, 0.3) is 0 Å².